The first kappa shape index (κ1) is 16.1. The summed E-state index contributed by atoms with van der Waals surface area (Å²) in [6, 6.07) is 7.86. The SMILES string of the molecule is CCCOc1ccccc1OC(C)CNCC1CCCO1. The van der Waals surface area contributed by atoms with Crippen LogP contribution in [0.2, 0.25) is 0 Å². The number of rotatable bonds is 9. The standard InChI is InChI=1S/C17H27NO3/c1-3-10-20-16-8-4-5-9-17(16)21-14(2)12-18-13-15-7-6-11-19-15/h4-5,8-9,14-15,18H,3,6-7,10-13H2,1-2H3. The molecule has 1 heterocycles. The van der Waals surface area contributed by atoms with Crippen LogP contribution in [-0.4, -0.2) is 38.5 Å². The summed E-state index contributed by atoms with van der Waals surface area (Å²) >= 11 is 0. The van der Waals surface area contributed by atoms with Gasteiger partial charge in [-0.25, -0.2) is 0 Å². The molecule has 1 aromatic carbocycles. The predicted molar refractivity (Wildman–Crippen MR) is 84.2 cm³/mol. The molecule has 1 fully saturated rings. The third kappa shape index (κ3) is 5.56. The molecule has 1 aliphatic heterocycles. The first-order valence-electron chi connectivity index (χ1n) is 8.00. The minimum absolute atomic E-state index is 0.0952. The van der Waals surface area contributed by atoms with Crippen LogP contribution in [0.15, 0.2) is 24.3 Å². The lowest BCUT2D eigenvalue weighted by Crippen LogP contribution is -2.34. The fraction of sp³-hybridized carbons (Fsp3) is 0.647. The topological polar surface area (TPSA) is 39.7 Å². The van der Waals surface area contributed by atoms with E-state index in [2.05, 4.69) is 19.2 Å². The van der Waals surface area contributed by atoms with Gasteiger partial charge >= 0.3 is 0 Å². The molecule has 2 atom stereocenters. The van der Waals surface area contributed by atoms with Gasteiger partial charge in [-0.3, -0.25) is 0 Å². The quantitative estimate of drug-likeness (QED) is 0.760. The van der Waals surface area contributed by atoms with Crippen molar-refractivity contribution in [3.63, 3.8) is 0 Å². The minimum atomic E-state index is 0.0952. The summed E-state index contributed by atoms with van der Waals surface area (Å²) in [5, 5.41) is 3.42. The zero-order chi connectivity index (χ0) is 14.9. The van der Waals surface area contributed by atoms with Crippen LogP contribution in [0.5, 0.6) is 11.5 Å². The van der Waals surface area contributed by atoms with E-state index in [-0.39, 0.29) is 6.10 Å². The number of benzene rings is 1. The van der Waals surface area contributed by atoms with Gasteiger partial charge in [-0.1, -0.05) is 19.1 Å². The van der Waals surface area contributed by atoms with E-state index in [1.54, 1.807) is 0 Å². The largest absolute Gasteiger partial charge is 0.490 e. The average molecular weight is 293 g/mol. The van der Waals surface area contributed by atoms with E-state index in [0.29, 0.717) is 12.7 Å². The van der Waals surface area contributed by atoms with Crippen molar-refractivity contribution in [2.24, 2.45) is 0 Å². The van der Waals surface area contributed by atoms with Crippen LogP contribution < -0.4 is 14.8 Å². The van der Waals surface area contributed by atoms with Gasteiger partial charge in [0.2, 0.25) is 0 Å². The first-order valence-corrected chi connectivity index (χ1v) is 8.00. The Morgan fingerprint density at radius 3 is 2.86 bits per heavy atom. The van der Waals surface area contributed by atoms with E-state index in [4.69, 9.17) is 14.2 Å². The molecule has 4 nitrogen and oxygen atoms in total. The predicted octanol–water partition coefficient (Wildman–Crippen LogP) is 3.01. The number of hydrogen-bond donors (Lipinski definition) is 1. The van der Waals surface area contributed by atoms with E-state index < -0.39 is 0 Å². The highest BCUT2D eigenvalue weighted by Gasteiger charge is 2.15. The van der Waals surface area contributed by atoms with Crippen LogP contribution >= 0.6 is 0 Å². The molecule has 0 aromatic heterocycles. The van der Waals surface area contributed by atoms with Gasteiger partial charge in [0.25, 0.3) is 0 Å². The maximum Gasteiger partial charge on any atom is 0.161 e. The Morgan fingerprint density at radius 2 is 2.14 bits per heavy atom. The Balaban J connectivity index is 1.74. The Bertz CT molecular complexity index is 405. The van der Waals surface area contributed by atoms with Crippen molar-refractivity contribution in [2.45, 2.75) is 45.3 Å². The van der Waals surface area contributed by atoms with Gasteiger partial charge < -0.3 is 19.5 Å². The summed E-state index contributed by atoms with van der Waals surface area (Å²) in [4.78, 5) is 0. The summed E-state index contributed by atoms with van der Waals surface area (Å²) in [6.45, 7) is 7.50. The van der Waals surface area contributed by atoms with Crippen LogP contribution in [0.3, 0.4) is 0 Å². The number of hydrogen-bond acceptors (Lipinski definition) is 4. The lowest BCUT2D eigenvalue weighted by molar-refractivity contribution is 0.106. The van der Waals surface area contributed by atoms with Crippen LogP contribution in [0.4, 0.5) is 0 Å². The summed E-state index contributed by atoms with van der Waals surface area (Å²) in [5.41, 5.74) is 0. The van der Waals surface area contributed by atoms with Gasteiger partial charge in [-0.15, -0.1) is 0 Å². The molecule has 21 heavy (non-hydrogen) atoms. The number of para-hydroxylation sites is 2. The van der Waals surface area contributed by atoms with Gasteiger partial charge in [-0.05, 0) is 38.3 Å². The normalized spacial score (nSPS) is 19.4. The maximum atomic E-state index is 5.98. The molecule has 0 spiro atoms. The highest BCUT2D eigenvalue weighted by Crippen LogP contribution is 2.27. The fourth-order valence-electron chi connectivity index (χ4n) is 2.39. The van der Waals surface area contributed by atoms with Crippen LogP contribution in [0, 0.1) is 0 Å². The van der Waals surface area contributed by atoms with Crippen molar-refractivity contribution < 1.29 is 14.2 Å². The molecule has 1 saturated heterocycles. The molecule has 0 bridgehead atoms. The van der Waals surface area contributed by atoms with Crippen LogP contribution in [0.1, 0.15) is 33.1 Å². The first-order chi connectivity index (χ1) is 10.3. The molecule has 1 aromatic rings. The van der Waals surface area contributed by atoms with E-state index in [1.165, 1.54) is 6.42 Å². The van der Waals surface area contributed by atoms with E-state index in [1.807, 2.05) is 24.3 Å². The summed E-state index contributed by atoms with van der Waals surface area (Å²) in [7, 11) is 0. The Morgan fingerprint density at radius 1 is 1.33 bits per heavy atom. The highest BCUT2D eigenvalue weighted by atomic mass is 16.5. The van der Waals surface area contributed by atoms with Crippen molar-refractivity contribution in [1.82, 2.24) is 5.32 Å². The number of ether oxygens (including phenoxy) is 3. The Hall–Kier alpha value is -1.26. The molecular weight excluding hydrogens is 266 g/mol. The molecule has 0 aliphatic carbocycles. The second kappa shape index (κ2) is 8.90. The van der Waals surface area contributed by atoms with Crippen molar-refractivity contribution in [1.29, 1.82) is 0 Å². The monoisotopic (exact) mass is 293 g/mol. The van der Waals surface area contributed by atoms with Gasteiger partial charge in [0.15, 0.2) is 11.5 Å². The van der Waals surface area contributed by atoms with Gasteiger partial charge in [0.1, 0.15) is 6.10 Å². The molecule has 0 radical (unpaired) electrons. The third-order valence-corrected chi connectivity index (χ3v) is 3.47. The van der Waals surface area contributed by atoms with Gasteiger partial charge in [0.05, 0.1) is 12.7 Å². The molecule has 2 rings (SSSR count). The van der Waals surface area contributed by atoms with Crippen LogP contribution in [0.25, 0.3) is 0 Å². The molecule has 118 valence electrons. The van der Waals surface area contributed by atoms with Crippen molar-refractivity contribution >= 4 is 0 Å². The van der Waals surface area contributed by atoms with Crippen molar-refractivity contribution in [3.8, 4) is 11.5 Å². The maximum absolute atomic E-state index is 5.98. The van der Waals surface area contributed by atoms with Crippen molar-refractivity contribution in [2.75, 3.05) is 26.3 Å². The lowest BCUT2D eigenvalue weighted by atomic mass is 10.2. The second-order valence-corrected chi connectivity index (χ2v) is 5.52. The molecule has 0 saturated carbocycles. The number of nitrogens with one attached hydrogen (secondary N) is 1. The molecule has 1 N–H and O–H groups in total. The summed E-state index contributed by atoms with van der Waals surface area (Å²) in [6.07, 6.45) is 3.80. The van der Waals surface area contributed by atoms with E-state index in [9.17, 15) is 0 Å². The Labute approximate surface area is 127 Å². The molecule has 4 heteroatoms. The third-order valence-electron chi connectivity index (χ3n) is 3.47. The zero-order valence-corrected chi connectivity index (χ0v) is 13.1. The minimum Gasteiger partial charge on any atom is -0.490 e. The average Bonchev–Trinajstić information content (AvgIpc) is 2.99. The smallest absolute Gasteiger partial charge is 0.161 e. The van der Waals surface area contributed by atoms with Gasteiger partial charge in [-0.2, -0.15) is 0 Å². The fourth-order valence-corrected chi connectivity index (χ4v) is 2.39. The molecule has 2 unspecified atom stereocenters. The molecular formula is C17H27NO3. The molecule has 1 aliphatic rings. The summed E-state index contributed by atoms with van der Waals surface area (Å²) < 4.78 is 17.3. The highest BCUT2D eigenvalue weighted by molar-refractivity contribution is 5.39. The second-order valence-electron chi connectivity index (χ2n) is 5.52. The van der Waals surface area contributed by atoms with Crippen molar-refractivity contribution in [3.05, 3.63) is 24.3 Å². The summed E-state index contributed by atoms with van der Waals surface area (Å²) in [5.74, 6) is 1.64. The molecule has 0 amide bonds. The lowest BCUT2D eigenvalue weighted by Gasteiger charge is -2.19. The van der Waals surface area contributed by atoms with E-state index >= 15 is 0 Å². The van der Waals surface area contributed by atoms with Gasteiger partial charge in [0, 0.05) is 19.7 Å². The Kier molecular flexibility index (Phi) is 6.83. The van der Waals surface area contributed by atoms with Crippen LogP contribution in [-0.2, 0) is 4.74 Å². The zero-order valence-electron chi connectivity index (χ0n) is 13.1. The van der Waals surface area contributed by atoms with E-state index in [0.717, 1.165) is 44.0 Å².